The SMILES string of the molecule is CCCc1nc2c(C)cc(OC3CCN(C(C)=N)CC3)cc2n1-c1ccc(C(=N)N)c2ccccc12. The molecule has 1 fully saturated rings. The van der Waals surface area contributed by atoms with E-state index in [0.717, 1.165) is 89.0 Å². The Morgan fingerprint density at radius 2 is 1.81 bits per heavy atom. The number of hydrogen-bond donors (Lipinski definition) is 3. The van der Waals surface area contributed by atoms with E-state index in [-0.39, 0.29) is 11.9 Å². The Hall–Kier alpha value is -3.87. The number of rotatable bonds is 6. The number of amidine groups is 2. The van der Waals surface area contributed by atoms with E-state index in [1.807, 2.05) is 31.2 Å². The molecule has 0 spiro atoms. The lowest BCUT2D eigenvalue weighted by Gasteiger charge is -2.32. The second kappa shape index (κ2) is 9.64. The van der Waals surface area contributed by atoms with Gasteiger partial charge in [-0.25, -0.2) is 4.98 Å². The van der Waals surface area contributed by atoms with E-state index in [1.54, 1.807) is 0 Å². The Bertz CT molecular complexity index is 1460. The second-order valence-corrected chi connectivity index (χ2v) is 9.70. The fraction of sp³-hybridized carbons (Fsp3) is 0.345. The van der Waals surface area contributed by atoms with Crippen molar-refractivity contribution in [2.24, 2.45) is 5.73 Å². The van der Waals surface area contributed by atoms with Gasteiger partial charge in [0.2, 0.25) is 0 Å². The van der Waals surface area contributed by atoms with E-state index in [0.29, 0.717) is 5.84 Å². The minimum Gasteiger partial charge on any atom is -0.490 e. The maximum absolute atomic E-state index is 8.04. The zero-order valence-electron chi connectivity index (χ0n) is 21.3. The van der Waals surface area contributed by atoms with Gasteiger partial charge in [0, 0.05) is 49.4 Å². The summed E-state index contributed by atoms with van der Waals surface area (Å²) in [5.74, 6) is 2.57. The van der Waals surface area contributed by atoms with Crippen LogP contribution in [0.4, 0.5) is 0 Å². The number of aromatic nitrogens is 2. The van der Waals surface area contributed by atoms with E-state index < -0.39 is 0 Å². The van der Waals surface area contributed by atoms with Crippen LogP contribution in [0.25, 0.3) is 27.5 Å². The predicted molar refractivity (Wildman–Crippen MR) is 147 cm³/mol. The van der Waals surface area contributed by atoms with E-state index in [1.165, 1.54) is 0 Å². The molecule has 0 amide bonds. The molecule has 7 nitrogen and oxygen atoms in total. The summed E-state index contributed by atoms with van der Waals surface area (Å²) in [7, 11) is 0. The average molecular weight is 483 g/mol. The van der Waals surface area contributed by atoms with Crippen LogP contribution in [0.3, 0.4) is 0 Å². The number of hydrogen-bond acceptors (Lipinski definition) is 4. The molecule has 0 atom stereocenters. The standard InChI is InChI=1S/C29H34N6O/c1-4-7-27-33-28-18(2)16-21(36-20-12-14-34(15-13-20)19(3)30)17-26(28)35(27)25-11-10-24(29(31)32)22-8-5-6-9-23(22)25/h5-6,8-11,16-17,20,30H,4,7,12-15H2,1-3H3,(H3,31,32). The zero-order chi connectivity index (χ0) is 25.4. The largest absolute Gasteiger partial charge is 0.490 e. The summed E-state index contributed by atoms with van der Waals surface area (Å²) in [4.78, 5) is 7.18. The van der Waals surface area contributed by atoms with Crippen molar-refractivity contribution in [3.63, 3.8) is 0 Å². The number of imidazole rings is 1. The fourth-order valence-electron chi connectivity index (χ4n) is 5.31. The first kappa shape index (κ1) is 23.9. The third kappa shape index (κ3) is 4.30. The highest BCUT2D eigenvalue weighted by Crippen LogP contribution is 2.34. The number of aryl methyl sites for hydroxylation is 2. The highest BCUT2D eigenvalue weighted by Gasteiger charge is 2.23. The third-order valence-corrected chi connectivity index (χ3v) is 7.12. The van der Waals surface area contributed by atoms with Crippen molar-refractivity contribution < 1.29 is 4.74 Å². The quantitative estimate of drug-likeness (QED) is 0.247. The molecule has 1 aliphatic heterocycles. The number of ether oxygens (including phenoxy) is 1. The van der Waals surface area contributed by atoms with Gasteiger partial charge in [0.15, 0.2) is 0 Å². The number of nitrogens with zero attached hydrogens (tertiary/aromatic N) is 3. The van der Waals surface area contributed by atoms with Gasteiger partial charge in [0.05, 0.1) is 22.6 Å². The van der Waals surface area contributed by atoms with Crippen LogP contribution in [0.5, 0.6) is 5.75 Å². The summed E-state index contributed by atoms with van der Waals surface area (Å²) in [6.45, 7) is 7.83. The van der Waals surface area contributed by atoms with E-state index >= 15 is 0 Å². The van der Waals surface area contributed by atoms with E-state index in [2.05, 4.69) is 47.6 Å². The van der Waals surface area contributed by atoms with Crippen molar-refractivity contribution in [1.29, 1.82) is 10.8 Å². The molecule has 0 saturated carbocycles. The molecule has 1 saturated heterocycles. The number of nitrogens with two attached hydrogens (primary N) is 1. The second-order valence-electron chi connectivity index (χ2n) is 9.70. The topological polar surface area (TPSA) is 104 Å². The summed E-state index contributed by atoms with van der Waals surface area (Å²) >= 11 is 0. The Kier molecular flexibility index (Phi) is 6.39. The summed E-state index contributed by atoms with van der Waals surface area (Å²) in [6, 6.07) is 16.3. The smallest absolute Gasteiger partial charge is 0.123 e. The summed E-state index contributed by atoms with van der Waals surface area (Å²) in [5.41, 5.74) is 10.8. The Balaban J connectivity index is 1.62. The Labute approximate surface area is 211 Å². The van der Waals surface area contributed by atoms with E-state index in [4.69, 9.17) is 26.3 Å². The van der Waals surface area contributed by atoms with Gasteiger partial charge in [-0.3, -0.25) is 15.4 Å². The van der Waals surface area contributed by atoms with Crippen molar-refractivity contribution in [3.05, 3.63) is 65.5 Å². The lowest BCUT2D eigenvalue weighted by atomic mass is 10.0. The minimum absolute atomic E-state index is 0.0674. The van der Waals surface area contributed by atoms with Crippen molar-refractivity contribution in [2.45, 2.75) is 52.6 Å². The molecule has 4 N–H and O–H groups in total. The number of nitrogen functional groups attached to an aromatic ring is 1. The van der Waals surface area contributed by atoms with Gasteiger partial charge >= 0.3 is 0 Å². The van der Waals surface area contributed by atoms with Crippen LogP contribution in [0.15, 0.2) is 48.5 Å². The molecule has 0 bridgehead atoms. The summed E-state index contributed by atoms with van der Waals surface area (Å²) < 4.78 is 8.74. The molecule has 3 aromatic carbocycles. The Morgan fingerprint density at radius 3 is 2.47 bits per heavy atom. The number of benzene rings is 3. The summed E-state index contributed by atoms with van der Waals surface area (Å²) in [5, 5.41) is 17.9. The minimum atomic E-state index is 0.0674. The summed E-state index contributed by atoms with van der Waals surface area (Å²) in [6.07, 6.45) is 3.80. The molecule has 7 heteroatoms. The molecule has 1 aliphatic rings. The first-order chi connectivity index (χ1) is 17.4. The molecule has 1 aromatic heterocycles. The van der Waals surface area contributed by atoms with Crippen LogP contribution in [0.2, 0.25) is 0 Å². The third-order valence-electron chi connectivity index (χ3n) is 7.12. The molecule has 186 valence electrons. The first-order valence-corrected chi connectivity index (χ1v) is 12.7. The lowest BCUT2D eigenvalue weighted by Crippen LogP contribution is -2.40. The first-order valence-electron chi connectivity index (χ1n) is 12.7. The van der Waals surface area contributed by atoms with Crippen LogP contribution in [-0.4, -0.2) is 45.3 Å². The molecule has 2 heterocycles. The van der Waals surface area contributed by atoms with Gasteiger partial charge in [-0.1, -0.05) is 31.2 Å². The van der Waals surface area contributed by atoms with Gasteiger partial charge in [-0.05, 0) is 49.4 Å². The van der Waals surface area contributed by atoms with Crippen molar-refractivity contribution in [2.75, 3.05) is 13.1 Å². The van der Waals surface area contributed by atoms with Crippen molar-refractivity contribution in [1.82, 2.24) is 14.5 Å². The average Bonchev–Trinajstić information content (AvgIpc) is 3.22. The highest BCUT2D eigenvalue weighted by atomic mass is 16.5. The molecule has 4 aromatic rings. The molecule has 0 aliphatic carbocycles. The Morgan fingerprint density at radius 1 is 1.08 bits per heavy atom. The van der Waals surface area contributed by atoms with Gasteiger partial charge in [-0.2, -0.15) is 0 Å². The van der Waals surface area contributed by atoms with Gasteiger partial charge < -0.3 is 15.4 Å². The maximum atomic E-state index is 8.04. The number of piperidine rings is 1. The van der Waals surface area contributed by atoms with Crippen LogP contribution >= 0.6 is 0 Å². The predicted octanol–water partition coefficient (Wildman–Crippen LogP) is 5.56. The normalized spacial score (nSPS) is 14.5. The molecule has 0 unspecified atom stereocenters. The lowest BCUT2D eigenvalue weighted by molar-refractivity contribution is 0.130. The number of nitrogens with one attached hydrogen (secondary N) is 2. The van der Waals surface area contributed by atoms with E-state index in [9.17, 15) is 0 Å². The van der Waals surface area contributed by atoms with Crippen LogP contribution < -0.4 is 10.5 Å². The number of fused-ring (bicyclic) bond motifs is 2. The number of likely N-dealkylation sites (tertiary alicyclic amines) is 1. The molecule has 0 radical (unpaired) electrons. The van der Waals surface area contributed by atoms with Gasteiger partial charge in [-0.15, -0.1) is 0 Å². The molecular weight excluding hydrogens is 448 g/mol. The van der Waals surface area contributed by atoms with Crippen LogP contribution in [0.1, 0.15) is 50.1 Å². The molecule has 36 heavy (non-hydrogen) atoms. The maximum Gasteiger partial charge on any atom is 0.123 e. The van der Waals surface area contributed by atoms with Crippen molar-refractivity contribution in [3.8, 4) is 11.4 Å². The van der Waals surface area contributed by atoms with Crippen LogP contribution in [0, 0.1) is 17.7 Å². The monoisotopic (exact) mass is 482 g/mol. The molecule has 5 rings (SSSR count). The van der Waals surface area contributed by atoms with Crippen molar-refractivity contribution >= 4 is 33.5 Å². The zero-order valence-corrected chi connectivity index (χ0v) is 21.3. The molecular formula is C29H34N6O. The highest BCUT2D eigenvalue weighted by molar-refractivity contribution is 6.10. The fourth-order valence-corrected chi connectivity index (χ4v) is 5.31. The van der Waals surface area contributed by atoms with Crippen LogP contribution in [-0.2, 0) is 6.42 Å². The van der Waals surface area contributed by atoms with Gasteiger partial charge in [0.25, 0.3) is 0 Å². The van der Waals surface area contributed by atoms with Gasteiger partial charge in [0.1, 0.15) is 23.5 Å².